The summed E-state index contributed by atoms with van der Waals surface area (Å²) in [7, 11) is 3.27. The van der Waals surface area contributed by atoms with E-state index in [-0.39, 0.29) is 11.5 Å². The maximum absolute atomic E-state index is 12.1. The Morgan fingerprint density at radius 2 is 2.24 bits per heavy atom. The normalized spacial score (nSPS) is 10.2. The van der Waals surface area contributed by atoms with Gasteiger partial charge in [-0.2, -0.15) is 0 Å². The first-order valence-corrected chi connectivity index (χ1v) is 5.82. The molecule has 0 bridgehead atoms. The Hall–Kier alpha value is -1.95. The van der Waals surface area contributed by atoms with Crippen LogP contribution in [0.15, 0.2) is 34.7 Å². The molecule has 0 saturated carbocycles. The monoisotopic (exact) mass is 249 g/mol. The molecule has 0 radical (unpaired) electrons. The molecule has 0 N–H and O–H groups in total. The summed E-state index contributed by atoms with van der Waals surface area (Å²) in [6.45, 7) is 0. The van der Waals surface area contributed by atoms with Crippen molar-refractivity contribution in [3.05, 3.63) is 45.8 Å². The summed E-state index contributed by atoms with van der Waals surface area (Å²) in [5, 5.41) is 2.43. The van der Waals surface area contributed by atoms with Crippen molar-refractivity contribution in [3.63, 3.8) is 0 Å². The lowest BCUT2D eigenvalue weighted by molar-refractivity contribution is 0.0992. The van der Waals surface area contributed by atoms with Crippen molar-refractivity contribution in [3.8, 4) is 0 Å². The smallest absolute Gasteiger partial charge is 0.261 e. The number of hydrogen-bond acceptors (Lipinski definition) is 4. The summed E-state index contributed by atoms with van der Waals surface area (Å²) >= 11 is 1.39. The molecule has 1 amide bonds. The van der Waals surface area contributed by atoms with Crippen LogP contribution in [0.1, 0.15) is 10.4 Å². The van der Waals surface area contributed by atoms with E-state index >= 15 is 0 Å². The van der Waals surface area contributed by atoms with Gasteiger partial charge in [0, 0.05) is 37.9 Å². The third-order valence-corrected chi connectivity index (χ3v) is 3.19. The number of pyridine rings is 1. The van der Waals surface area contributed by atoms with Gasteiger partial charge in [0.25, 0.3) is 5.91 Å². The molecule has 0 aliphatic carbocycles. The van der Waals surface area contributed by atoms with Crippen LogP contribution in [0.3, 0.4) is 0 Å². The SMILES string of the molecule is CN(C(=O)c1ccc(=O)n(C)c1)c1nccs1. The summed E-state index contributed by atoms with van der Waals surface area (Å²) in [5.74, 6) is -0.185. The summed E-state index contributed by atoms with van der Waals surface area (Å²) < 4.78 is 1.38. The fourth-order valence-corrected chi connectivity index (χ4v) is 1.99. The number of anilines is 1. The lowest BCUT2D eigenvalue weighted by atomic mass is 10.2. The maximum Gasteiger partial charge on any atom is 0.261 e. The fraction of sp³-hybridized carbons (Fsp3) is 0.182. The first-order valence-electron chi connectivity index (χ1n) is 4.94. The van der Waals surface area contributed by atoms with Gasteiger partial charge in [0.2, 0.25) is 5.56 Å². The van der Waals surface area contributed by atoms with Crippen LogP contribution < -0.4 is 10.5 Å². The summed E-state index contributed by atoms with van der Waals surface area (Å²) in [5.41, 5.74) is 0.322. The third-order valence-electron chi connectivity index (χ3n) is 2.34. The maximum atomic E-state index is 12.1. The van der Waals surface area contributed by atoms with Gasteiger partial charge in [0.15, 0.2) is 5.13 Å². The van der Waals surface area contributed by atoms with Crippen molar-refractivity contribution >= 4 is 22.4 Å². The van der Waals surface area contributed by atoms with Crippen LogP contribution in [-0.4, -0.2) is 22.5 Å². The predicted octanol–water partition coefficient (Wildman–Crippen LogP) is 1.12. The molecular weight excluding hydrogens is 238 g/mol. The molecule has 88 valence electrons. The Labute approximate surface area is 102 Å². The van der Waals surface area contributed by atoms with Gasteiger partial charge in [0.05, 0.1) is 5.56 Å². The van der Waals surface area contributed by atoms with Gasteiger partial charge < -0.3 is 4.57 Å². The third kappa shape index (κ3) is 2.26. The van der Waals surface area contributed by atoms with E-state index in [2.05, 4.69) is 4.98 Å². The van der Waals surface area contributed by atoms with E-state index in [1.165, 1.54) is 39.1 Å². The van der Waals surface area contributed by atoms with Crippen LogP contribution in [0, 0.1) is 0 Å². The Morgan fingerprint density at radius 1 is 1.47 bits per heavy atom. The molecule has 6 heteroatoms. The summed E-state index contributed by atoms with van der Waals surface area (Å²) in [6, 6.07) is 2.90. The Kier molecular flexibility index (Phi) is 3.06. The van der Waals surface area contributed by atoms with Crippen LogP contribution in [0.4, 0.5) is 5.13 Å². The van der Waals surface area contributed by atoms with Gasteiger partial charge in [-0.3, -0.25) is 14.5 Å². The minimum absolute atomic E-state index is 0.140. The van der Waals surface area contributed by atoms with Crippen molar-refractivity contribution in [2.45, 2.75) is 0 Å². The van der Waals surface area contributed by atoms with E-state index in [9.17, 15) is 9.59 Å². The van der Waals surface area contributed by atoms with Crippen molar-refractivity contribution in [1.82, 2.24) is 9.55 Å². The van der Waals surface area contributed by atoms with E-state index in [0.29, 0.717) is 10.7 Å². The van der Waals surface area contributed by atoms with E-state index < -0.39 is 0 Å². The molecule has 0 spiro atoms. The molecule has 0 aromatic carbocycles. The number of thiazole rings is 1. The van der Waals surface area contributed by atoms with Crippen LogP contribution in [0.5, 0.6) is 0 Å². The van der Waals surface area contributed by atoms with Gasteiger partial charge in [0.1, 0.15) is 0 Å². The van der Waals surface area contributed by atoms with Crippen molar-refractivity contribution in [1.29, 1.82) is 0 Å². The minimum Gasteiger partial charge on any atom is -0.318 e. The zero-order valence-corrected chi connectivity index (χ0v) is 10.3. The predicted molar refractivity (Wildman–Crippen MR) is 66.5 cm³/mol. The molecule has 2 aromatic heterocycles. The average Bonchev–Trinajstić information content (AvgIpc) is 2.84. The molecule has 5 nitrogen and oxygen atoms in total. The summed E-state index contributed by atoms with van der Waals surface area (Å²) in [4.78, 5) is 28.8. The fourth-order valence-electron chi connectivity index (χ4n) is 1.38. The molecule has 17 heavy (non-hydrogen) atoms. The number of amides is 1. The largest absolute Gasteiger partial charge is 0.318 e. The molecule has 0 aliphatic rings. The number of rotatable bonds is 2. The highest BCUT2D eigenvalue weighted by Crippen LogP contribution is 2.17. The van der Waals surface area contributed by atoms with E-state index in [4.69, 9.17) is 0 Å². The average molecular weight is 249 g/mol. The molecular formula is C11H11N3O2S. The Morgan fingerprint density at radius 3 is 2.82 bits per heavy atom. The second-order valence-corrected chi connectivity index (χ2v) is 4.42. The van der Waals surface area contributed by atoms with Gasteiger partial charge in [-0.15, -0.1) is 11.3 Å². The first kappa shape index (κ1) is 11.5. The van der Waals surface area contributed by atoms with Crippen LogP contribution in [0.2, 0.25) is 0 Å². The zero-order valence-electron chi connectivity index (χ0n) is 9.45. The number of carbonyl (C=O) groups excluding carboxylic acids is 1. The van der Waals surface area contributed by atoms with Crippen LogP contribution >= 0.6 is 11.3 Å². The first-order chi connectivity index (χ1) is 8.09. The quantitative estimate of drug-likeness (QED) is 0.801. The lowest BCUT2D eigenvalue weighted by Crippen LogP contribution is -2.27. The molecule has 2 aromatic rings. The zero-order chi connectivity index (χ0) is 12.4. The summed E-state index contributed by atoms with van der Waals surface area (Å²) in [6.07, 6.45) is 3.17. The highest BCUT2D eigenvalue weighted by molar-refractivity contribution is 7.13. The van der Waals surface area contributed by atoms with Gasteiger partial charge in [-0.25, -0.2) is 4.98 Å². The molecule has 0 aliphatic heterocycles. The van der Waals surface area contributed by atoms with E-state index in [0.717, 1.165) is 0 Å². The molecule has 0 unspecified atom stereocenters. The molecule has 2 heterocycles. The number of hydrogen-bond donors (Lipinski definition) is 0. The molecule has 0 saturated heterocycles. The van der Waals surface area contributed by atoms with Crippen molar-refractivity contribution < 1.29 is 4.79 Å². The minimum atomic E-state index is -0.185. The van der Waals surface area contributed by atoms with Crippen LogP contribution in [0.25, 0.3) is 0 Å². The van der Waals surface area contributed by atoms with E-state index in [1.54, 1.807) is 25.7 Å². The highest BCUT2D eigenvalue weighted by atomic mass is 32.1. The van der Waals surface area contributed by atoms with Gasteiger partial charge >= 0.3 is 0 Å². The topological polar surface area (TPSA) is 55.2 Å². The lowest BCUT2D eigenvalue weighted by Gasteiger charge is -2.13. The Balaban J connectivity index is 2.31. The molecule has 0 fully saturated rings. The number of aryl methyl sites for hydroxylation is 1. The molecule has 2 rings (SSSR count). The van der Waals surface area contributed by atoms with Gasteiger partial charge in [-0.1, -0.05) is 0 Å². The number of carbonyl (C=O) groups is 1. The number of aromatic nitrogens is 2. The standard InChI is InChI=1S/C11H11N3O2S/c1-13-7-8(3-4-9(13)15)10(16)14(2)11-12-5-6-17-11/h3-7H,1-2H3. The second-order valence-electron chi connectivity index (χ2n) is 3.55. The molecule has 0 atom stereocenters. The second kappa shape index (κ2) is 4.50. The van der Waals surface area contributed by atoms with Crippen molar-refractivity contribution in [2.75, 3.05) is 11.9 Å². The van der Waals surface area contributed by atoms with Gasteiger partial charge in [-0.05, 0) is 6.07 Å². The Bertz CT molecular complexity index is 589. The highest BCUT2D eigenvalue weighted by Gasteiger charge is 2.15. The van der Waals surface area contributed by atoms with Crippen LogP contribution in [-0.2, 0) is 7.05 Å². The van der Waals surface area contributed by atoms with Crippen molar-refractivity contribution in [2.24, 2.45) is 7.05 Å². The number of nitrogens with zero attached hydrogens (tertiary/aromatic N) is 3. The van der Waals surface area contributed by atoms with E-state index in [1.807, 2.05) is 0 Å².